The first-order valence-electron chi connectivity index (χ1n) is 20.5. The summed E-state index contributed by atoms with van der Waals surface area (Å²) in [5.74, 6) is 0.265. The highest BCUT2D eigenvalue weighted by Gasteiger charge is 2.37. The highest BCUT2D eigenvalue weighted by molar-refractivity contribution is 5.72. The van der Waals surface area contributed by atoms with Crippen LogP contribution in [0.1, 0.15) is 108 Å². The van der Waals surface area contributed by atoms with E-state index in [9.17, 15) is 14.4 Å². The lowest BCUT2D eigenvalue weighted by molar-refractivity contribution is -0.157. The molecular weight excluding hydrogens is 751 g/mol. The molecule has 5 rings (SSSR count). The molecule has 0 fully saturated rings. The molecule has 14 nitrogen and oxygen atoms in total. The summed E-state index contributed by atoms with van der Waals surface area (Å²) in [6, 6.07) is 27.7. The van der Waals surface area contributed by atoms with Gasteiger partial charge in [-0.05, 0) is 41.7 Å². The Morgan fingerprint density at radius 1 is 0.746 bits per heavy atom. The number of hydrogen-bond acceptors (Lipinski definition) is 12. The Morgan fingerprint density at radius 2 is 1.25 bits per heavy atom. The number of aromatic nitrogens is 4. The minimum absolute atomic E-state index is 0.0937. The second kappa shape index (κ2) is 24.6. The normalized spacial score (nSPS) is 11.2. The number of nitrogens with zero attached hydrogens (tertiary/aromatic N) is 5. The second-order valence-corrected chi connectivity index (χ2v) is 14.2. The summed E-state index contributed by atoms with van der Waals surface area (Å²) in [7, 11) is 1.62. The topological polar surface area (TPSA) is 194 Å². The Labute approximate surface area is 346 Å². The molecule has 0 radical (unpaired) electrons. The van der Waals surface area contributed by atoms with Gasteiger partial charge in [0.25, 0.3) is 5.56 Å². The summed E-state index contributed by atoms with van der Waals surface area (Å²) in [5, 5.41) is 15.6. The molecule has 2 heterocycles. The number of methoxy groups -OCH3 is 1. The van der Waals surface area contributed by atoms with Crippen molar-refractivity contribution in [2.45, 2.75) is 109 Å². The molecule has 0 aliphatic rings. The van der Waals surface area contributed by atoms with Gasteiger partial charge in [0.15, 0.2) is 11.2 Å². The molecule has 3 aromatic carbocycles. The van der Waals surface area contributed by atoms with E-state index in [1.54, 1.807) is 11.7 Å². The van der Waals surface area contributed by atoms with Crippen molar-refractivity contribution in [2.75, 3.05) is 25.6 Å². The number of benzene rings is 3. The van der Waals surface area contributed by atoms with Crippen molar-refractivity contribution >= 4 is 29.1 Å². The zero-order valence-electron chi connectivity index (χ0n) is 34.4. The van der Waals surface area contributed by atoms with Crippen LogP contribution in [0.5, 0.6) is 5.75 Å². The van der Waals surface area contributed by atoms with Crippen molar-refractivity contribution in [3.63, 3.8) is 0 Å². The molecule has 2 N–H and O–H groups in total. The molecule has 0 aliphatic carbocycles. The van der Waals surface area contributed by atoms with Crippen molar-refractivity contribution in [3.05, 3.63) is 118 Å². The van der Waals surface area contributed by atoms with Crippen molar-refractivity contribution in [3.8, 4) is 5.75 Å². The first-order chi connectivity index (χ1) is 28.9. The van der Waals surface area contributed by atoms with E-state index in [1.807, 2.05) is 84.9 Å². The summed E-state index contributed by atoms with van der Waals surface area (Å²) in [4.78, 5) is 51.0. The quantitative estimate of drug-likeness (QED) is 0.0247. The molecule has 0 amide bonds. The fourth-order valence-corrected chi connectivity index (χ4v) is 6.81. The molecule has 2 aromatic heterocycles. The van der Waals surface area contributed by atoms with Crippen LogP contribution in [0.15, 0.2) is 96.1 Å². The van der Waals surface area contributed by atoms with Gasteiger partial charge in [0.2, 0.25) is 5.95 Å². The Kier molecular flexibility index (Phi) is 19.1. The van der Waals surface area contributed by atoms with Crippen LogP contribution < -0.4 is 15.6 Å². The Hall–Kier alpha value is -6.07. The van der Waals surface area contributed by atoms with E-state index >= 15 is 0 Å². The third-order valence-corrected chi connectivity index (χ3v) is 10.00. The van der Waals surface area contributed by atoms with Gasteiger partial charge in [-0.3, -0.25) is 23.9 Å². The Bertz CT molecular complexity index is 2000. The lowest BCUT2D eigenvalue weighted by Crippen LogP contribution is -2.39. The van der Waals surface area contributed by atoms with Gasteiger partial charge < -0.3 is 24.3 Å². The zero-order valence-corrected chi connectivity index (χ0v) is 34.4. The van der Waals surface area contributed by atoms with E-state index in [1.165, 1.54) is 6.33 Å². The van der Waals surface area contributed by atoms with Crippen LogP contribution in [-0.2, 0) is 36.1 Å². The van der Waals surface area contributed by atoms with E-state index in [2.05, 4.69) is 29.1 Å². The molecule has 0 atom stereocenters. The largest absolute Gasteiger partial charge is 0.497 e. The van der Waals surface area contributed by atoms with Gasteiger partial charge in [-0.1, -0.05) is 138 Å². The number of H-pyrrole nitrogens is 1. The molecule has 5 aromatic rings. The van der Waals surface area contributed by atoms with Crippen molar-refractivity contribution in [1.29, 1.82) is 10.8 Å². The lowest BCUT2D eigenvalue weighted by atomic mass is 9.77. The SMILES string of the molecule is CCCCCCCC(=O)OCC(COC(=O)CCCCCCC)OCn1cnc2c(=O)[nH]c(NC(c3ccccc3)(c3ccccc3)c3ccc(OC)cc3)nc21.N#N. The predicted octanol–water partition coefficient (Wildman–Crippen LogP) is 8.71. The Balaban J connectivity index is 0.00000378. The number of rotatable bonds is 25. The maximum atomic E-state index is 13.6. The number of nitrogens with one attached hydrogen (secondary N) is 2. The number of fused-ring (bicyclic) bond motifs is 1. The number of imidazole rings is 1. The van der Waals surface area contributed by atoms with Crippen LogP contribution in [0.4, 0.5) is 5.95 Å². The smallest absolute Gasteiger partial charge is 0.305 e. The highest BCUT2D eigenvalue weighted by Crippen LogP contribution is 2.40. The number of unbranched alkanes of at least 4 members (excludes halogenated alkanes) is 8. The summed E-state index contributed by atoms with van der Waals surface area (Å²) in [6.45, 7) is 4.02. The van der Waals surface area contributed by atoms with E-state index in [-0.39, 0.29) is 49.0 Å². The minimum atomic E-state index is -0.995. The number of aromatic amines is 1. The van der Waals surface area contributed by atoms with Crippen LogP contribution in [-0.4, -0.2) is 57.9 Å². The molecule has 0 saturated carbocycles. The minimum Gasteiger partial charge on any atom is -0.497 e. The third-order valence-electron chi connectivity index (χ3n) is 10.00. The maximum absolute atomic E-state index is 13.6. The molecule has 59 heavy (non-hydrogen) atoms. The van der Waals surface area contributed by atoms with Gasteiger partial charge >= 0.3 is 11.9 Å². The summed E-state index contributed by atoms with van der Waals surface area (Å²) >= 11 is 0. The highest BCUT2D eigenvalue weighted by atomic mass is 16.6. The zero-order chi connectivity index (χ0) is 42.3. The molecule has 14 heteroatoms. The first kappa shape index (κ1) is 45.6. The Morgan fingerprint density at radius 3 is 1.76 bits per heavy atom. The van der Waals surface area contributed by atoms with Crippen LogP contribution in [0, 0.1) is 10.8 Å². The summed E-state index contributed by atoms with van der Waals surface area (Å²) in [5.41, 5.74) is 1.67. The average molecular weight is 808 g/mol. The number of carbonyl (C=O) groups is 2. The van der Waals surface area contributed by atoms with Gasteiger partial charge in [0.05, 0.1) is 13.4 Å². The van der Waals surface area contributed by atoms with E-state index in [4.69, 9.17) is 34.7 Å². The molecule has 0 bridgehead atoms. The van der Waals surface area contributed by atoms with Crippen LogP contribution in [0.3, 0.4) is 0 Å². The van der Waals surface area contributed by atoms with Crippen molar-refractivity contribution < 1.29 is 28.5 Å². The molecule has 0 saturated heterocycles. The van der Waals surface area contributed by atoms with Crippen molar-refractivity contribution in [1.82, 2.24) is 19.5 Å². The number of esters is 2. The molecule has 0 spiro atoms. The third kappa shape index (κ3) is 13.2. The second-order valence-electron chi connectivity index (χ2n) is 14.2. The van der Waals surface area contributed by atoms with Crippen molar-refractivity contribution in [2.24, 2.45) is 0 Å². The average Bonchev–Trinajstić information content (AvgIpc) is 3.69. The van der Waals surface area contributed by atoms with Crippen LogP contribution in [0.2, 0.25) is 0 Å². The fraction of sp³-hybridized carbons (Fsp3) is 0.444. The number of carbonyl (C=O) groups excluding carboxylic acids is 2. The molecule has 0 unspecified atom stereocenters. The van der Waals surface area contributed by atoms with Gasteiger partial charge in [-0.2, -0.15) is 4.98 Å². The van der Waals surface area contributed by atoms with E-state index in [0.717, 1.165) is 80.9 Å². The molecule has 0 aliphatic heterocycles. The van der Waals surface area contributed by atoms with Gasteiger partial charge in [-0.25, -0.2) is 4.98 Å². The molecule has 314 valence electrons. The van der Waals surface area contributed by atoms with Crippen LogP contribution >= 0.6 is 0 Å². The van der Waals surface area contributed by atoms with Gasteiger partial charge in [-0.15, -0.1) is 0 Å². The molecular formula is C45H57N7O7. The monoisotopic (exact) mass is 807 g/mol. The standard InChI is InChI=1S/C45H57N5O7.N2/c1-4-6-8-10-18-24-39(51)55-30-38(31-56-40(52)25-19-11-9-7-5-2)57-33-50-32-46-41-42(50)47-44(48-43(41)53)49-45(34-20-14-12-15-21-34,35-22-16-13-17-23-35)36-26-28-37(54-3)29-27-36;1-2/h12-17,20-23,26-29,32,38H,4-11,18-19,24-25,30-31,33H2,1-3H3,(H2,47,48,49,53);. The maximum Gasteiger partial charge on any atom is 0.305 e. The number of ether oxygens (including phenoxy) is 4. The number of anilines is 1. The fourth-order valence-electron chi connectivity index (χ4n) is 6.81. The predicted molar refractivity (Wildman–Crippen MR) is 225 cm³/mol. The van der Waals surface area contributed by atoms with E-state index in [0.29, 0.717) is 18.6 Å². The van der Waals surface area contributed by atoms with Gasteiger partial charge in [0.1, 0.15) is 37.3 Å². The van der Waals surface area contributed by atoms with Crippen LogP contribution in [0.25, 0.3) is 11.2 Å². The lowest BCUT2D eigenvalue weighted by Gasteiger charge is -2.37. The number of hydrogen-bond donors (Lipinski definition) is 2. The van der Waals surface area contributed by atoms with E-state index < -0.39 is 17.2 Å². The first-order valence-corrected chi connectivity index (χ1v) is 20.5. The summed E-state index contributed by atoms with van der Waals surface area (Å²) < 4.78 is 24.5. The van der Waals surface area contributed by atoms with Gasteiger partial charge in [0, 0.05) is 23.6 Å². The summed E-state index contributed by atoms with van der Waals surface area (Å²) in [6.07, 6.45) is 11.5.